The van der Waals surface area contributed by atoms with Crippen LogP contribution in [0, 0.1) is 5.92 Å². The van der Waals surface area contributed by atoms with Crippen molar-refractivity contribution in [3.8, 4) is 0 Å². The lowest BCUT2D eigenvalue weighted by atomic mass is 10.0. The Morgan fingerprint density at radius 2 is 1.97 bits per heavy atom. The van der Waals surface area contributed by atoms with E-state index in [1.807, 2.05) is 38.2 Å². The average molecular weight is 462 g/mol. The number of likely N-dealkylation sites (tertiary alicyclic amines) is 1. The fourth-order valence-electron chi connectivity index (χ4n) is 4.10. The quantitative estimate of drug-likeness (QED) is 0.429. The number of para-hydroxylation sites is 1. The summed E-state index contributed by atoms with van der Waals surface area (Å²) < 4.78 is 0. The number of nitrogens with one attached hydrogen (secondary N) is 4. The van der Waals surface area contributed by atoms with E-state index in [0.29, 0.717) is 25.9 Å². The summed E-state index contributed by atoms with van der Waals surface area (Å²) >= 11 is 5.54. The first kappa shape index (κ1) is 24.1. The number of hydrogen-bond acceptors (Lipinski definition) is 4. The van der Waals surface area contributed by atoms with Gasteiger partial charge in [-0.25, -0.2) is 4.84 Å². The second kappa shape index (κ2) is 10.8. The number of carbonyl (C=O) groups is 3. The molecule has 0 aliphatic carbocycles. The third-order valence-electron chi connectivity index (χ3n) is 5.99. The van der Waals surface area contributed by atoms with Gasteiger partial charge in [-0.15, -0.1) is 0 Å². The zero-order valence-electron chi connectivity index (χ0n) is 18.8. The zero-order valence-corrected chi connectivity index (χ0v) is 19.5. The number of carbonyl (C=O) groups excluding carboxylic acids is 3. The van der Waals surface area contributed by atoms with Crippen LogP contribution in [0.1, 0.15) is 39.2 Å². The normalized spacial score (nSPS) is 18.0. The van der Waals surface area contributed by atoms with Crippen LogP contribution >= 0.6 is 11.8 Å². The van der Waals surface area contributed by atoms with Crippen molar-refractivity contribution in [2.45, 2.75) is 58.2 Å². The SMILES string of the molecule is CC(NCl)C(=O)NC(C(=O)N1CCCC1C(=O)NCCc1c[nH]c2ccccc12)C(C)C. The van der Waals surface area contributed by atoms with Gasteiger partial charge < -0.3 is 20.5 Å². The molecule has 8 nitrogen and oxygen atoms in total. The molecule has 32 heavy (non-hydrogen) atoms. The molecule has 174 valence electrons. The van der Waals surface area contributed by atoms with Crippen molar-refractivity contribution in [2.75, 3.05) is 13.1 Å². The van der Waals surface area contributed by atoms with E-state index >= 15 is 0 Å². The van der Waals surface area contributed by atoms with E-state index in [0.717, 1.165) is 22.9 Å². The highest BCUT2D eigenvalue weighted by Gasteiger charge is 2.38. The van der Waals surface area contributed by atoms with Gasteiger partial charge in [0.2, 0.25) is 17.7 Å². The van der Waals surface area contributed by atoms with E-state index in [4.69, 9.17) is 11.8 Å². The third-order valence-corrected chi connectivity index (χ3v) is 6.32. The van der Waals surface area contributed by atoms with Gasteiger partial charge in [0.15, 0.2) is 0 Å². The summed E-state index contributed by atoms with van der Waals surface area (Å²) in [5.41, 5.74) is 2.21. The predicted molar refractivity (Wildman–Crippen MR) is 125 cm³/mol. The molecule has 1 fully saturated rings. The summed E-state index contributed by atoms with van der Waals surface area (Å²) in [4.78, 5) is 45.6. The van der Waals surface area contributed by atoms with Crippen LogP contribution in [0.3, 0.4) is 0 Å². The van der Waals surface area contributed by atoms with Crippen molar-refractivity contribution in [3.05, 3.63) is 36.0 Å². The molecule has 0 radical (unpaired) electrons. The number of rotatable bonds is 9. The Labute approximate surface area is 193 Å². The lowest BCUT2D eigenvalue weighted by molar-refractivity contribution is -0.142. The highest BCUT2D eigenvalue weighted by atomic mass is 35.5. The van der Waals surface area contributed by atoms with Crippen LogP contribution in [0.15, 0.2) is 30.5 Å². The minimum Gasteiger partial charge on any atom is -0.361 e. The molecule has 2 aromatic rings. The van der Waals surface area contributed by atoms with E-state index < -0.39 is 18.1 Å². The maximum Gasteiger partial charge on any atom is 0.246 e. The molecule has 3 atom stereocenters. The number of nitrogens with zero attached hydrogens (tertiary/aromatic N) is 1. The number of amides is 3. The van der Waals surface area contributed by atoms with Crippen LogP contribution in [0.2, 0.25) is 0 Å². The first-order chi connectivity index (χ1) is 15.3. The van der Waals surface area contributed by atoms with Gasteiger partial charge >= 0.3 is 0 Å². The van der Waals surface area contributed by atoms with Crippen molar-refractivity contribution in [1.29, 1.82) is 0 Å². The van der Waals surface area contributed by atoms with Crippen LogP contribution in [0.4, 0.5) is 0 Å². The van der Waals surface area contributed by atoms with Crippen LogP contribution in [0.5, 0.6) is 0 Å². The minimum absolute atomic E-state index is 0.125. The Bertz CT molecular complexity index is 960. The molecule has 2 heterocycles. The largest absolute Gasteiger partial charge is 0.361 e. The van der Waals surface area contributed by atoms with E-state index in [1.54, 1.807) is 11.8 Å². The van der Waals surface area contributed by atoms with Crippen LogP contribution in [0.25, 0.3) is 10.9 Å². The summed E-state index contributed by atoms with van der Waals surface area (Å²) in [6, 6.07) is 6.19. The van der Waals surface area contributed by atoms with E-state index in [2.05, 4.69) is 26.5 Å². The van der Waals surface area contributed by atoms with Gasteiger partial charge in [0.05, 0.1) is 6.04 Å². The Hall–Kier alpha value is -2.58. The molecule has 3 rings (SSSR count). The fraction of sp³-hybridized carbons (Fsp3) is 0.522. The molecular weight excluding hydrogens is 430 g/mol. The van der Waals surface area contributed by atoms with Crippen molar-refractivity contribution in [1.82, 2.24) is 25.4 Å². The van der Waals surface area contributed by atoms with Gasteiger partial charge in [0.25, 0.3) is 0 Å². The average Bonchev–Trinajstić information content (AvgIpc) is 3.43. The summed E-state index contributed by atoms with van der Waals surface area (Å²) in [5.74, 6) is -0.865. The van der Waals surface area contributed by atoms with Crippen molar-refractivity contribution in [3.63, 3.8) is 0 Å². The molecule has 0 saturated carbocycles. The summed E-state index contributed by atoms with van der Waals surface area (Å²) in [7, 11) is 0. The lowest BCUT2D eigenvalue weighted by Crippen LogP contribution is -2.57. The van der Waals surface area contributed by atoms with Gasteiger partial charge in [0, 0.05) is 30.2 Å². The molecule has 1 aliphatic heterocycles. The Morgan fingerprint density at radius 3 is 2.69 bits per heavy atom. The minimum atomic E-state index is -0.713. The Balaban J connectivity index is 1.59. The standard InChI is InChI=1S/C23H32ClN5O3/c1-14(2)20(27-21(30)15(3)28-24)23(32)29-12-6-9-19(29)22(31)25-11-10-16-13-26-18-8-5-4-7-17(16)18/h4-5,7-8,13-15,19-20,26,28H,6,9-12H2,1-3H3,(H,25,31)(H,27,30). The number of aromatic amines is 1. The van der Waals surface area contributed by atoms with E-state index in [9.17, 15) is 14.4 Å². The topological polar surface area (TPSA) is 106 Å². The zero-order chi connectivity index (χ0) is 23.3. The first-order valence-electron chi connectivity index (χ1n) is 11.1. The van der Waals surface area contributed by atoms with E-state index in [-0.39, 0.29) is 23.6 Å². The third kappa shape index (κ3) is 5.42. The number of benzene rings is 1. The molecule has 1 saturated heterocycles. The van der Waals surface area contributed by atoms with Crippen LogP contribution in [-0.4, -0.2) is 58.8 Å². The molecule has 4 N–H and O–H groups in total. The van der Waals surface area contributed by atoms with Gasteiger partial charge in [-0.1, -0.05) is 32.0 Å². The number of H-pyrrole nitrogens is 1. The van der Waals surface area contributed by atoms with Crippen molar-refractivity contribution >= 4 is 40.4 Å². The molecule has 0 bridgehead atoms. The van der Waals surface area contributed by atoms with Gasteiger partial charge in [0.1, 0.15) is 12.1 Å². The molecular formula is C23H32ClN5O3. The highest BCUT2D eigenvalue weighted by Crippen LogP contribution is 2.21. The molecule has 1 aromatic carbocycles. The first-order valence-corrected chi connectivity index (χ1v) is 11.5. The maximum atomic E-state index is 13.2. The highest BCUT2D eigenvalue weighted by molar-refractivity contribution is 6.15. The number of hydrogen-bond donors (Lipinski definition) is 4. The molecule has 0 spiro atoms. The van der Waals surface area contributed by atoms with Crippen molar-refractivity contribution < 1.29 is 14.4 Å². The van der Waals surface area contributed by atoms with Gasteiger partial charge in [-0.3, -0.25) is 14.4 Å². The smallest absolute Gasteiger partial charge is 0.246 e. The Morgan fingerprint density at radius 1 is 1.22 bits per heavy atom. The fourth-order valence-corrected chi connectivity index (χ4v) is 4.20. The summed E-state index contributed by atoms with van der Waals surface area (Å²) in [5, 5.41) is 6.91. The number of fused-ring (bicyclic) bond motifs is 1. The molecule has 3 unspecified atom stereocenters. The summed E-state index contributed by atoms with van der Waals surface area (Å²) in [6.07, 6.45) is 4.03. The van der Waals surface area contributed by atoms with Crippen molar-refractivity contribution in [2.24, 2.45) is 5.92 Å². The van der Waals surface area contributed by atoms with Gasteiger partial charge in [-0.05, 0) is 55.5 Å². The molecule has 1 aliphatic rings. The number of halogens is 1. The van der Waals surface area contributed by atoms with Gasteiger partial charge in [-0.2, -0.15) is 0 Å². The van der Waals surface area contributed by atoms with E-state index in [1.165, 1.54) is 0 Å². The second-order valence-corrected chi connectivity index (χ2v) is 8.87. The summed E-state index contributed by atoms with van der Waals surface area (Å²) in [6.45, 7) is 6.34. The monoisotopic (exact) mass is 461 g/mol. The number of aromatic nitrogens is 1. The van der Waals surface area contributed by atoms with Crippen LogP contribution in [-0.2, 0) is 20.8 Å². The predicted octanol–water partition coefficient (Wildman–Crippen LogP) is 2.09. The second-order valence-electron chi connectivity index (χ2n) is 8.65. The Kier molecular flexibility index (Phi) is 8.15. The van der Waals surface area contributed by atoms with Crippen LogP contribution < -0.4 is 15.5 Å². The lowest BCUT2D eigenvalue weighted by Gasteiger charge is -2.31. The maximum absolute atomic E-state index is 13.2. The molecule has 9 heteroatoms. The molecule has 1 aromatic heterocycles. The molecule has 3 amide bonds.